The molecule has 0 aliphatic carbocycles. The van der Waals surface area contributed by atoms with Crippen LogP contribution in [0.25, 0.3) is 0 Å². The predicted octanol–water partition coefficient (Wildman–Crippen LogP) is 3.94. The SMILES string of the molecule is COC(=O)C(Oc1ccc(Cl)cc1C)c1ccccc1. The first-order valence-corrected chi connectivity index (χ1v) is 6.55. The van der Waals surface area contributed by atoms with Gasteiger partial charge in [0.1, 0.15) is 5.75 Å². The number of carbonyl (C=O) groups excluding carboxylic acids is 1. The van der Waals surface area contributed by atoms with Gasteiger partial charge in [0.05, 0.1) is 7.11 Å². The van der Waals surface area contributed by atoms with Crippen molar-refractivity contribution in [3.63, 3.8) is 0 Å². The first-order chi connectivity index (χ1) is 9.61. The molecule has 0 N–H and O–H groups in total. The molecule has 1 unspecified atom stereocenters. The second-order valence-corrected chi connectivity index (χ2v) is 4.78. The molecule has 2 aromatic rings. The molecule has 104 valence electrons. The first kappa shape index (κ1) is 14.4. The number of carbonyl (C=O) groups is 1. The fourth-order valence-corrected chi connectivity index (χ4v) is 2.09. The molecule has 0 heterocycles. The summed E-state index contributed by atoms with van der Waals surface area (Å²) in [6, 6.07) is 14.5. The highest BCUT2D eigenvalue weighted by Crippen LogP contribution is 2.28. The molecule has 4 heteroatoms. The molecule has 0 saturated carbocycles. The fraction of sp³-hybridized carbons (Fsp3) is 0.188. The third kappa shape index (κ3) is 3.31. The van der Waals surface area contributed by atoms with E-state index in [1.54, 1.807) is 18.2 Å². The third-order valence-electron chi connectivity index (χ3n) is 2.90. The number of hydrogen-bond donors (Lipinski definition) is 0. The zero-order valence-electron chi connectivity index (χ0n) is 11.3. The van der Waals surface area contributed by atoms with Gasteiger partial charge in [-0.05, 0) is 30.7 Å². The van der Waals surface area contributed by atoms with E-state index < -0.39 is 12.1 Å². The summed E-state index contributed by atoms with van der Waals surface area (Å²) in [6.07, 6.45) is -0.791. The van der Waals surface area contributed by atoms with Crippen LogP contribution in [0.15, 0.2) is 48.5 Å². The van der Waals surface area contributed by atoms with E-state index in [1.807, 2.05) is 37.3 Å². The summed E-state index contributed by atoms with van der Waals surface area (Å²) in [5.41, 5.74) is 1.61. The number of aryl methyl sites for hydroxylation is 1. The smallest absolute Gasteiger partial charge is 0.351 e. The van der Waals surface area contributed by atoms with Crippen molar-refractivity contribution in [1.29, 1.82) is 0 Å². The van der Waals surface area contributed by atoms with Crippen molar-refractivity contribution in [1.82, 2.24) is 0 Å². The second-order valence-electron chi connectivity index (χ2n) is 4.34. The Balaban J connectivity index is 2.31. The molecule has 2 rings (SSSR count). The van der Waals surface area contributed by atoms with E-state index >= 15 is 0 Å². The minimum atomic E-state index is -0.791. The lowest BCUT2D eigenvalue weighted by Gasteiger charge is -2.18. The summed E-state index contributed by atoms with van der Waals surface area (Å²) in [5.74, 6) is 0.166. The highest BCUT2D eigenvalue weighted by Gasteiger charge is 2.23. The van der Waals surface area contributed by atoms with Crippen molar-refractivity contribution in [2.24, 2.45) is 0 Å². The summed E-state index contributed by atoms with van der Waals surface area (Å²) < 4.78 is 10.6. The van der Waals surface area contributed by atoms with Gasteiger partial charge in [-0.1, -0.05) is 41.9 Å². The van der Waals surface area contributed by atoms with Gasteiger partial charge in [0.2, 0.25) is 6.10 Å². The lowest BCUT2D eigenvalue weighted by Crippen LogP contribution is -2.20. The van der Waals surface area contributed by atoms with Crippen molar-refractivity contribution in [2.75, 3.05) is 7.11 Å². The Hall–Kier alpha value is -2.00. The van der Waals surface area contributed by atoms with Crippen LogP contribution in [0.4, 0.5) is 0 Å². The van der Waals surface area contributed by atoms with Crippen LogP contribution in [0.5, 0.6) is 5.75 Å². The molecule has 0 aromatic heterocycles. The van der Waals surface area contributed by atoms with Crippen molar-refractivity contribution in [3.05, 3.63) is 64.7 Å². The van der Waals surface area contributed by atoms with Crippen LogP contribution in [-0.2, 0) is 9.53 Å². The van der Waals surface area contributed by atoms with Crippen molar-refractivity contribution < 1.29 is 14.3 Å². The monoisotopic (exact) mass is 290 g/mol. The Morgan fingerprint density at radius 3 is 2.45 bits per heavy atom. The third-order valence-corrected chi connectivity index (χ3v) is 3.13. The number of methoxy groups -OCH3 is 1. The van der Waals surface area contributed by atoms with Crippen LogP contribution >= 0.6 is 11.6 Å². The number of benzene rings is 2. The molecule has 3 nitrogen and oxygen atoms in total. The van der Waals surface area contributed by atoms with Crippen molar-refractivity contribution >= 4 is 17.6 Å². The maximum atomic E-state index is 11.9. The van der Waals surface area contributed by atoms with Crippen molar-refractivity contribution in [3.8, 4) is 5.75 Å². The van der Waals surface area contributed by atoms with Crippen LogP contribution in [0.3, 0.4) is 0 Å². The Kier molecular flexibility index (Phi) is 4.64. The Morgan fingerprint density at radius 1 is 1.15 bits per heavy atom. The highest BCUT2D eigenvalue weighted by molar-refractivity contribution is 6.30. The van der Waals surface area contributed by atoms with Gasteiger partial charge in [-0.3, -0.25) is 0 Å². The van der Waals surface area contributed by atoms with Gasteiger partial charge in [-0.15, -0.1) is 0 Å². The molecule has 20 heavy (non-hydrogen) atoms. The Morgan fingerprint density at radius 2 is 1.85 bits per heavy atom. The van der Waals surface area contributed by atoms with Crippen LogP contribution in [0.1, 0.15) is 17.2 Å². The molecule has 2 aromatic carbocycles. The van der Waals surface area contributed by atoms with E-state index in [-0.39, 0.29) is 0 Å². The molecular formula is C16H15ClO3. The number of rotatable bonds is 4. The van der Waals surface area contributed by atoms with Crippen molar-refractivity contribution in [2.45, 2.75) is 13.0 Å². The summed E-state index contributed by atoms with van der Waals surface area (Å²) in [5, 5.41) is 0.629. The molecular weight excluding hydrogens is 276 g/mol. The topological polar surface area (TPSA) is 35.5 Å². The van der Waals surface area contributed by atoms with Gasteiger partial charge in [-0.2, -0.15) is 0 Å². The molecule has 0 bridgehead atoms. The molecule has 0 aliphatic heterocycles. The summed E-state index contributed by atoms with van der Waals surface area (Å²) in [6.45, 7) is 1.88. The Labute approximate surface area is 123 Å². The van der Waals surface area contributed by atoms with E-state index in [1.165, 1.54) is 7.11 Å². The van der Waals surface area contributed by atoms with E-state index in [4.69, 9.17) is 21.1 Å². The quantitative estimate of drug-likeness (QED) is 0.800. The summed E-state index contributed by atoms with van der Waals surface area (Å²) in [7, 11) is 1.34. The lowest BCUT2D eigenvalue weighted by molar-refractivity contribution is -0.149. The molecule has 0 spiro atoms. The van der Waals surface area contributed by atoms with E-state index in [9.17, 15) is 4.79 Å². The van der Waals surface area contributed by atoms with E-state index in [2.05, 4.69) is 0 Å². The van der Waals surface area contributed by atoms with Gasteiger partial charge in [0.25, 0.3) is 0 Å². The van der Waals surface area contributed by atoms with Gasteiger partial charge < -0.3 is 9.47 Å². The normalized spacial score (nSPS) is 11.8. The molecule has 0 fully saturated rings. The predicted molar refractivity (Wildman–Crippen MR) is 78.0 cm³/mol. The van der Waals surface area contributed by atoms with Gasteiger partial charge in [-0.25, -0.2) is 4.79 Å². The summed E-state index contributed by atoms with van der Waals surface area (Å²) in [4.78, 5) is 11.9. The fourth-order valence-electron chi connectivity index (χ4n) is 1.86. The molecule has 0 radical (unpaired) electrons. The maximum absolute atomic E-state index is 11.9. The van der Waals surface area contributed by atoms with Gasteiger partial charge in [0, 0.05) is 10.6 Å². The number of esters is 1. The molecule has 0 saturated heterocycles. The minimum Gasteiger partial charge on any atom is -0.474 e. The zero-order chi connectivity index (χ0) is 14.5. The van der Waals surface area contributed by atoms with Crippen LogP contribution in [-0.4, -0.2) is 13.1 Å². The summed E-state index contributed by atoms with van der Waals surface area (Å²) >= 11 is 5.91. The number of halogens is 1. The standard InChI is InChI=1S/C16H15ClO3/c1-11-10-13(17)8-9-14(11)20-15(16(18)19-2)12-6-4-3-5-7-12/h3-10,15H,1-2H3. The molecule has 1 atom stereocenters. The largest absolute Gasteiger partial charge is 0.474 e. The molecule has 0 amide bonds. The number of hydrogen-bond acceptors (Lipinski definition) is 3. The second kappa shape index (κ2) is 6.44. The van der Waals surface area contributed by atoms with Crippen LogP contribution in [0, 0.1) is 6.92 Å². The molecule has 0 aliphatic rings. The number of ether oxygens (including phenoxy) is 2. The minimum absolute atomic E-state index is 0.439. The Bertz CT molecular complexity index is 596. The average molecular weight is 291 g/mol. The van der Waals surface area contributed by atoms with E-state index in [0.717, 1.165) is 11.1 Å². The highest BCUT2D eigenvalue weighted by atomic mass is 35.5. The lowest BCUT2D eigenvalue weighted by atomic mass is 10.1. The zero-order valence-corrected chi connectivity index (χ0v) is 12.1. The maximum Gasteiger partial charge on any atom is 0.351 e. The average Bonchev–Trinajstić information content (AvgIpc) is 2.46. The van der Waals surface area contributed by atoms with E-state index in [0.29, 0.717) is 10.8 Å². The first-order valence-electron chi connectivity index (χ1n) is 6.17. The van der Waals surface area contributed by atoms with Gasteiger partial charge in [0.15, 0.2) is 0 Å². The van der Waals surface area contributed by atoms with Crippen LogP contribution < -0.4 is 4.74 Å². The van der Waals surface area contributed by atoms with Gasteiger partial charge >= 0.3 is 5.97 Å². The van der Waals surface area contributed by atoms with Crippen LogP contribution in [0.2, 0.25) is 5.02 Å².